The van der Waals surface area contributed by atoms with E-state index in [4.69, 9.17) is 0 Å². The lowest BCUT2D eigenvalue weighted by atomic mass is 9.57. The Balaban J connectivity index is 1.48. The van der Waals surface area contributed by atoms with Crippen molar-refractivity contribution in [3.05, 3.63) is 0 Å². The van der Waals surface area contributed by atoms with Crippen molar-refractivity contribution in [1.82, 2.24) is 0 Å². The van der Waals surface area contributed by atoms with Crippen LogP contribution in [-0.2, 0) is 0 Å². The molecule has 0 heteroatoms. The summed E-state index contributed by atoms with van der Waals surface area (Å²) in [5, 5.41) is 0. The first kappa shape index (κ1) is 22.7. The summed E-state index contributed by atoms with van der Waals surface area (Å²) in [4.78, 5) is 0. The second-order valence-corrected chi connectivity index (χ2v) is 11.6. The van der Waals surface area contributed by atoms with Crippen molar-refractivity contribution in [2.24, 2.45) is 40.9 Å². The molecular weight excluding hydrogens is 336 g/mol. The van der Waals surface area contributed by atoms with Crippen molar-refractivity contribution < 1.29 is 0 Å². The van der Waals surface area contributed by atoms with Crippen molar-refractivity contribution in [3.63, 3.8) is 0 Å². The van der Waals surface area contributed by atoms with E-state index in [9.17, 15) is 0 Å². The highest BCUT2D eigenvalue weighted by atomic mass is 14.5. The van der Waals surface area contributed by atoms with Crippen molar-refractivity contribution in [3.8, 4) is 0 Å². The van der Waals surface area contributed by atoms with Gasteiger partial charge in [-0.25, -0.2) is 0 Å². The molecule has 0 nitrogen and oxygen atoms in total. The van der Waals surface area contributed by atoms with Gasteiger partial charge in [0, 0.05) is 0 Å². The molecular formula is C28H52. The largest absolute Gasteiger partial charge is 0.0654 e. The minimum atomic E-state index is 0.716. The van der Waals surface area contributed by atoms with Gasteiger partial charge in [-0.05, 0) is 98.7 Å². The first-order valence-electron chi connectivity index (χ1n) is 13.6. The maximum absolute atomic E-state index is 2.67. The van der Waals surface area contributed by atoms with Gasteiger partial charge in [0.15, 0.2) is 0 Å². The molecule has 0 aromatic carbocycles. The third-order valence-corrected chi connectivity index (χ3v) is 10.2. The molecule has 0 N–H and O–H groups in total. The smallest absolute Gasteiger partial charge is 0.0269 e. The molecule has 3 aliphatic carbocycles. The highest BCUT2D eigenvalue weighted by molar-refractivity contribution is 4.92. The molecule has 3 rings (SSSR count). The molecule has 2 atom stereocenters. The Labute approximate surface area is 178 Å². The Kier molecular flexibility index (Phi) is 8.79. The quantitative estimate of drug-likeness (QED) is 0.388. The number of hydrogen-bond acceptors (Lipinski definition) is 0. The Morgan fingerprint density at radius 3 is 1.75 bits per heavy atom. The maximum Gasteiger partial charge on any atom is -0.0269 e. The summed E-state index contributed by atoms with van der Waals surface area (Å²) >= 11 is 0. The van der Waals surface area contributed by atoms with E-state index in [1.165, 1.54) is 57.8 Å². The normalized spacial score (nSPS) is 36.0. The van der Waals surface area contributed by atoms with Crippen molar-refractivity contribution in [2.75, 3.05) is 0 Å². The third-order valence-electron chi connectivity index (χ3n) is 10.2. The van der Waals surface area contributed by atoms with Gasteiger partial charge in [0.25, 0.3) is 0 Å². The van der Waals surface area contributed by atoms with Crippen LogP contribution in [0.25, 0.3) is 0 Å². The second-order valence-electron chi connectivity index (χ2n) is 11.6. The van der Waals surface area contributed by atoms with Gasteiger partial charge in [-0.1, -0.05) is 79.1 Å². The SMILES string of the molecule is CCCC1CCC(C(C)C2CCC(C(C)C3(CCC)CCCCC3)CC2)CC1. The predicted molar refractivity (Wildman–Crippen MR) is 125 cm³/mol. The maximum atomic E-state index is 2.67. The van der Waals surface area contributed by atoms with Crippen LogP contribution in [0.2, 0.25) is 0 Å². The Bertz CT molecular complexity index is 410. The van der Waals surface area contributed by atoms with Gasteiger partial charge < -0.3 is 0 Å². The summed E-state index contributed by atoms with van der Waals surface area (Å²) in [6, 6.07) is 0. The van der Waals surface area contributed by atoms with E-state index in [0.717, 1.165) is 35.5 Å². The lowest BCUT2D eigenvalue weighted by Gasteiger charge is -2.48. The van der Waals surface area contributed by atoms with Crippen LogP contribution >= 0.6 is 0 Å². The van der Waals surface area contributed by atoms with Crippen LogP contribution in [0.1, 0.15) is 137 Å². The molecule has 3 fully saturated rings. The molecule has 0 aromatic rings. The van der Waals surface area contributed by atoms with E-state index in [1.807, 2.05) is 0 Å². The molecule has 0 saturated heterocycles. The average Bonchev–Trinajstić information content (AvgIpc) is 2.74. The average molecular weight is 389 g/mol. The Morgan fingerprint density at radius 1 is 0.679 bits per heavy atom. The zero-order chi connectivity index (χ0) is 20.0. The summed E-state index contributed by atoms with van der Waals surface area (Å²) in [6.45, 7) is 10.1. The molecule has 0 aromatic heterocycles. The van der Waals surface area contributed by atoms with E-state index in [1.54, 1.807) is 51.4 Å². The van der Waals surface area contributed by atoms with Crippen LogP contribution in [0.3, 0.4) is 0 Å². The number of rotatable bonds is 8. The first-order chi connectivity index (χ1) is 13.6. The van der Waals surface area contributed by atoms with E-state index in [-0.39, 0.29) is 0 Å². The van der Waals surface area contributed by atoms with E-state index in [2.05, 4.69) is 27.7 Å². The van der Waals surface area contributed by atoms with Gasteiger partial charge in [-0.3, -0.25) is 0 Å². The van der Waals surface area contributed by atoms with Gasteiger partial charge in [-0.15, -0.1) is 0 Å². The van der Waals surface area contributed by atoms with Crippen LogP contribution in [0.4, 0.5) is 0 Å². The molecule has 3 aliphatic rings. The lowest BCUT2D eigenvalue weighted by molar-refractivity contribution is 0.0244. The molecule has 2 unspecified atom stereocenters. The van der Waals surface area contributed by atoms with Gasteiger partial charge in [0.05, 0.1) is 0 Å². The molecule has 28 heavy (non-hydrogen) atoms. The van der Waals surface area contributed by atoms with Crippen LogP contribution in [0.5, 0.6) is 0 Å². The van der Waals surface area contributed by atoms with E-state index in [0.29, 0.717) is 5.41 Å². The summed E-state index contributed by atoms with van der Waals surface area (Å²) in [7, 11) is 0. The van der Waals surface area contributed by atoms with Gasteiger partial charge >= 0.3 is 0 Å². The van der Waals surface area contributed by atoms with Crippen LogP contribution < -0.4 is 0 Å². The van der Waals surface area contributed by atoms with Crippen molar-refractivity contribution in [1.29, 1.82) is 0 Å². The van der Waals surface area contributed by atoms with Crippen LogP contribution in [0.15, 0.2) is 0 Å². The second kappa shape index (κ2) is 10.9. The minimum absolute atomic E-state index is 0.716. The zero-order valence-corrected chi connectivity index (χ0v) is 20.0. The molecule has 0 radical (unpaired) electrons. The molecule has 0 bridgehead atoms. The lowest BCUT2D eigenvalue weighted by Crippen LogP contribution is -2.38. The van der Waals surface area contributed by atoms with Gasteiger partial charge in [0.2, 0.25) is 0 Å². The molecule has 3 saturated carbocycles. The molecule has 164 valence electrons. The Hall–Kier alpha value is 0. The summed E-state index contributed by atoms with van der Waals surface area (Å²) < 4.78 is 0. The van der Waals surface area contributed by atoms with Gasteiger partial charge in [-0.2, -0.15) is 0 Å². The fraction of sp³-hybridized carbons (Fsp3) is 1.00. The van der Waals surface area contributed by atoms with E-state index < -0.39 is 0 Å². The van der Waals surface area contributed by atoms with Crippen molar-refractivity contribution >= 4 is 0 Å². The third kappa shape index (κ3) is 5.37. The molecule has 0 spiro atoms. The monoisotopic (exact) mass is 388 g/mol. The molecule has 0 aliphatic heterocycles. The van der Waals surface area contributed by atoms with Crippen molar-refractivity contribution in [2.45, 2.75) is 137 Å². The number of hydrogen-bond donors (Lipinski definition) is 0. The summed E-state index contributed by atoms with van der Waals surface area (Å²) in [5.74, 6) is 6.18. The van der Waals surface area contributed by atoms with E-state index >= 15 is 0 Å². The standard InChI is InChI=1S/C28H52/c1-5-10-24-11-13-25(14-12-24)22(3)26-15-17-27(18-16-26)23(4)28(19-6-2)20-8-7-9-21-28/h22-27H,5-21H2,1-4H3. The summed E-state index contributed by atoms with van der Waals surface area (Å²) in [6.07, 6.45) is 25.8. The van der Waals surface area contributed by atoms with Gasteiger partial charge in [0.1, 0.15) is 0 Å². The highest BCUT2D eigenvalue weighted by Crippen LogP contribution is 2.52. The predicted octanol–water partition coefficient (Wildman–Crippen LogP) is 9.42. The fourth-order valence-electron chi connectivity index (χ4n) is 8.15. The van der Waals surface area contributed by atoms with Crippen LogP contribution in [-0.4, -0.2) is 0 Å². The first-order valence-corrected chi connectivity index (χ1v) is 13.6. The highest BCUT2D eigenvalue weighted by Gasteiger charge is 2.42. The molecule has 0 amide bonds. The molecule has 0 heterocycles. The topological polar surface area (TPSA) is 0 Å². The Morgan fingerprint density at radius 2 is 1.21 bits per heavy atom. The minimum Gasteiger partial charge on any atom is -0.0654 e. The summed E-state index contributed by atoms with van der Waals surface area (Å²) in [5.41, 5.74) is 0.716. The fourth-order valence-corrected chi connectivity index (χ4v) is 8.15. The zero-order valence-electron chi connectivity index (χ0n) is 20.0. The van der Waals surface area contributed by atoms with Crippen LogP contribution in [0, 0.1) is 40.9 Å².